The quantitative estimate of drug-likeness (QED) is 0.901. The van der Waals surface area contributed by atoms with Crippen LogP contribution in [0.3, 0.4) is 0 Å². The number of carbonyl (C=O) groups excluding carboxylic acids is 1. The molecule has 2 fully saturated rings. The second-order valence-corrected chi connectivity index (χ2v) is 6.52. The lowest BCUT2D eigenvalue weighted by molar-refractivity contribution is 0.151. The van der Waals surface area contributed by atoms with Gasteiger partial charge < -0.3 is 20.3 Å². The third-order valence-electron chi connectivity index (χ3n) is 4.50. The summed E-state index contributed by atoms with van der Waals surface area (Å²) >= 11 is 1.48. The number of anilines is 1. The number of carbonyl (C=O) groups is 1. The van der Waals surface area contributed by atoms with Gasteiger partial charge in [-0.25, -0.2) is 4.79 Å². The Morgan fingerprint density at radius 2 is 2.10 bits per heavy atom. The molecule has 20 heavy (non-hydrogen) atoms. The number of urea groups is 1. The van der Waals surface area contributed by atoms with Crippen molar-refractivity contribution in [3.63, 3.8) is 0 Å². The minimum Gasteiger partial charge on any atom is -0.486 e. The molecule has 2 aliphatic heterocycles. The molecule has 0 spiro atoms. The lowest BCUT2D eigenvalue weighted by Crippen LogP contribution is -2.49. The molecule has 2 unspecified atom stereocenters. The number of fused-ring (bicyclic) bond motifs is 2. The SMILES string of the molecule is COc1sccc1NC(=O)NC1CC2CCC(C1)N2C. The van der Waals surface area contributed by atoms with Gasteiger partial charge in [-0.15, -0.1) is 11.3 Å². The number of piperidine rings is 1. The van der Waals surface area contributed by atoms with Gasteiger partial charge in [-0.3, -0.25) is 0 Å². The topological polar surface area (TPSA) is 53.6 Å². The van der Waals surface area contributed by atoms with Gasteiger partial charge >= 0.3 is 6.03 Å². The molecule has 0 aromatic carbocycles. The van der Waals surface area contributed by atoms with Crippen LogP contribution in [0.5, 0.6) is 5.06 Å². The van der Waals surface area contributed by atoms with Gasteiger partial charge in [-0.05, 0) is 44.2 Å². The van der Waals surface area contributed by atoms with Crippen molar-refractivity contribution in [3.05, 3.63) is 11.4 Å². The average molecular weight is 295 g/mol. The summed E-state index contributed by atoms with van der Waals surface area (Å²) in [5.74, 6) is 0. The fourth-order valence-corrected chi connectivity index (χ4v) is 4.09. The number of methoxy groups -OCH3 is 1. The maximum absolute atomic E-state index is 12.1. The lowest BCUT2D eigenvalue weighted by Gasteiger charge is -2.36. The molecule has 3 heterocycles. The van der Waals surface area contributed by atoms with Crippen molar-refractivity contribution in [1.82, 2.24) is 10.2 Å². The summed E-state index contributed by atoms with van der Waals surface area (Å²) in [7, 11) is 3.82. The Kier molecular flexibility index (Phi) is 3.85. The molecule has 2 bridgehead atoms. The number of rotatable bonds is 3. The number of thiophene rings is 1. The van der Waals surface area contributed by atoms with Crippen molar-refractivity contribution in [2.45, 2.75) is 43.8 Å². The van der Waals surface area contributed by atoms with E-state index >= 15 is 0 Å². The largest absolute Gasteiger partial charge is 0.486 e. The summed E-state index contributed by atoms with van der Waals surface area (Å²) in [5.41, 5.74) is 0.742. The molecule has 1 aromatic heterocycles. The molecule has 6 heteroatoms. The molecule has 2 N–H and O–H groups in total. The van der Waals surface area contributed by atoms with Crippen LogP contribution in [0, 0.1) is 0 Å². The van der Waals surface area contributed by atoms with Crippen LogP contribution in [-0.2, 0) is 0 Å². The zero-order chi connectivity index (χ0) is 14.1. The summed E-state index contributed by atoms with van der Waals surface area (Å²) in [4.78, 5) is 14.5. The van der Waals surface area contributed by atoms with Crippen LogP contribution >= 0.6 is 11.3 Å². The van der Waals surface area contributed by atoms with Crippen molar-refractivity contribution in [1.29, 1.82) is 0 Å². The van der Waals surface area contributed by atoms with Crippen molar-refractivity contribution in [3.8, 4) is 5.06 Å². The first kappa shape index (κ1) is 13.7. The van der Waals surface area contributed by atoms with Crippen LogP contribution in [0.2, 0.25) is 0 Å². The summed E-state index contributed by atoms with van der Waals surface area (Å²) < 4.78 is 5.20. The third kappa shape index (κ3) is 2.62. The maximum Gasteiger partial charge on any atom is 0.319 e. The fourth-order valence-electron chi connectivity index (χ4n) is 3.42. The monoisotopic (exact) mass is 295 g/mol. The van der Waals surface area contributed by atoms with E-state index in [1.165, 1.54) is 24.2 Å². The van der Waals surface area contributed by atoms with Gasteiger partial charge in [0.15, 0.2) is 5.06 Å². The van der Waals surface area contributed by atoms with Gasteiger partial charge in [-0.2, -0.15) is 0 Å². The van der Waals surface area contributed by atoms with Gasteiger partial charge in [0.05, 0.1) is 12.8 Å². The van der Waals surface area contributed by atoms with Crippen LogP contribution in [0.15, 0.2) is 11.4 Å². The molecule has 1 aromatic rings. The Hall–Kier alpha value is -1.27. The number of nitrogens with one attached hydrogen (secondary N) is 2. The predicted molar refractivity (Wildman–Crippen MR) is 80.6 cm³/mol. The molecule has 5 nitrogen and oxygen atoms in total. The highest BCUT2D eigenvalue weighted by Crippen LogP contribution is 2.34. The zero-order valence-electron chi connectivity index (χ0n) is 11.9. The summed E-state index contributed by atoms with van der Waals surface area (Å²) in [6, 6.07) is 3.29. The van der Waals surface area contributed by atoms with Crippen molar-refractivity contribution in [2.75, 3.05) is 19.5 Å². The number of ether oxygens (including phenoxy) is 1. The van der Waals surface area contributed by atoms with E-state index in [1.807, 2.05) is 11.4 Å². The Morgan fingerprint density at radius 1 is 1.40 bits per heavy atom. The van der Waals surface area contributed by atoms with E-state index in [-0.39, 0.29) is 12.1 Å². The maximum atomic E-state index is 12.1. The van der Waals surface area contributed by atoms with E-state index < -0.39 is 0 Å². The standard InChI is InChI=1S/C14H21N3O2S/c1-17-10-3-4-11(17)8-9(7-10)15-14(18)16-12-5-6-20-13(12)19-2/h5-6,9-11H,3-4,7-8H2,1-2H3,(H2,15,16,18). The van der Waals surface area contributed by atoms with Crippen LogP contribution < -0.4 is 15.4 Å². The average Bonchev–Trinajstić information content (AvgIpc) is 2.92. The first-order valence-electron chi connectivity index (χ1n) is 7.08. The highest BCUT2D eigenvalue weighted by Gasteiger charge is 2.38. The highest BCUT2D eigenvalue weighted by molar-refractivity contribution is 7.12. The molecule has 2 saturated heterocycles. The molecule has 0 radical (unpaired) electrons. The van der Waals surface area contributed by atoms with E-state index in [9.17, 15) is 4.79 Å². The fraction of sp³-hybridized carbons (Fsp3) is 0.643. The van der Waals surface area contributed by atoms with Crippen LogP contribution in [0.25, 0.3) is 0 Å². The minimum absolute atomic E-state index is 0.129. The van der Waals surface area contributed by atoms with E-state index in [0.29, 0.717) is 12.1 Å². The Labute approximate surface area is 123 Å². The molecule has 2 atom stereocenters. The molecule has 3 rings (SSSR count). The lowest BCUT2D eigenvalue weighted by atomic mass is 9.98. The number of hydrogen-bond donors (Lipinski definition) is 2. The second kappa shape index (κ2) is 5.61. The summed E-state index contributed by atoms with van der Waals surface area (Å²) in [5, 5.41) is 8.62. The molecule has 0 aliphatic carbocycles. The number of nitrogens with zero attached hydrogens (tertiary/aromatic N) is 1. The predicted octanol–water partition coefficient (Wildman–Crippen LogP) is 2.50. The zero-order valence-corrected chi connectivity index (χ0v) is 12.7. The van der Waals surface area contributed by atoms with E-state index in [4.69, 9.17) is 4.74 Å². The van der Waals surface area contributed by atoms with Gasteiger partial charge in [0, 0.05) is 18.1 Å². The van der Waals surface area contributed by atoms with Crippen LogP contribution in [0.1, 0.15) is 25.7 Å². The van der Waals surface area contributed by atoms with E-state index in [0.717, 1.165) is 23.6 Å². The first-order chi connectivity index (χ1) is 9.67. The van der Waals surface area contributed by atoms with Crippen LogP contribution in [0.4, 0.5) is 10.5 Å². The van der Waals surface area contributed by atoms with Crippen molar-refractivity contribution >= 4 is 23.1 Å². The Bertz CT molecular complexity index is 477. The van der Waals surface area contributed by atoms with E-state index in [1.54, 1.807) is 7.11 Å². The van der Waals surface area contributed by atoms with Gasteiger partial charge in [0.2, 0.25) is 0 Å². The first-order valence-corrected chi connectivity index (χ1v) is 7.96. The highest BCUT2D eigenvalue weighted by atomic mass is 32.1. The second-order valence-electron chi connectivity index (χ2n) is 5.64. The Morgan fingerprint density at radius 3 is 2.75 bits per heavy atom. The van der Waals surface area contributed by atoms with Gasteiger partial charge in [-0.1, -0.05) is 0 Å². The van der Waals surface area contributed by atoms with Gasteiger partial charge in [0.25, 0.3) is 0 Å². The molecule has 2 aliphatic rings. The minimum atomic E-state index is -0.129. The van der Waals surface area contributed by atoms with Crippen LogP contribution in [-0.4, -0.2) is 43.2 Å². The molecule has 110 valence electrons. The number of hydrogen-bond acceptors (Lipinski definition) is 4. The summed E-state index contributed by atoms with van der Waals surface area (Å²) in [6.45, 7) is 0. The summed E-state index contributed by atoms with van der Waals surface area (Å²) in [6.07, 6.45) is 4.64. The molecule has 2 amide bonds. The van der Waals surface area contributed by atoms with Crippen molar-refractivity contribution in [2.24, 2.45) is 0 Å². The molecular formula is C14H21N3O2S. The molecular weight excluding hydrogens is 274 g/mol. The number of amides is 2. The van der Waals surface area contributed by atoms with E-state index in [2.05, 4.69) is 22.6 Å². The molecule has 0 saturated carbocycles. The van der Waals surface area contributed by atoms with Crippen molar-refractivity contribution < 1.29 is 9.53 Å². The third-order valence-corrected chi connectivity index (χ3v) is 5.37. The smallest absolute Gasteiger partial charge is 0.319 e. The van der Waals surface area contributed by atoms with Gasteiger partial charge in [0.1, 0.15) is 0 Å². The Balaban J connectivity index is 1.55. The normalized spacial score (nSPS) is 29.2.